The summed E-state index contributed by atoms with van der Waals surface area (Å²) in [5, 5.41) is 6.75. The zero-order chi connectivity index (χ0) is 19.7. The van der Waals surface area contributed by atoms with Gasteiger partial charge in [-0.2, -0.15) is 5.10 Å². The second-order valence-corrected chi connectivity index (χ2v) is 8.34. The van der Waals surface area contributed by atoms with Gasteiger partial charge in [0.05, 0.1) is 11.9 Å². The molecule has 4 rings (SSSR count). The Hall–Kier alpha value is -3.03. The van der Waals surface area contributed by atoms with E-state index in [2.05, 4.69) is 33.0 Å². The third-order valence-corrected chi connectivity index (χ3v) is 6.31. The summed E-state index contributed by atoms with van der Waals surface area (Å²) < 4.78 is 29.8. The molecule has 0 fully saturated rings. The van der Waals surface area contributed by atoms with Crippen LogP contribution in [0.5, 0.6) is 0 Å². The molecule has 6 nitrogen and oxygen atoms in total. The second kappa shape index (κ2) is 7.18. The van der Waals surface area contributed by atoms with Gasteiger partial charge in [0.25, 0.3) is 0 Å². The fourth-order valence-electron chi connectivity index (χ4n) is 3.35. The molecule has 0 amide bonds. The Labute approximate surface area is 163 Å². The number of nitrogens with one attached hydrogen (secondary N) is 1. The van der Waals surface area contributed by atoms with Crippen LogP contribution in [0, 0.1) is 6.92 Å². The molecule has 0 radical (unpaired) electrons. The van der Waals surface area contributed by atoms with Crippen LogP contribution in [-0.4, -0.2) is 23.2 Å². The molecule has 0 saturated carbocycles. The Kier molecular flexibility index (Phi) is 4.70. The van der Waals surface area contributed by atoms with Gasteiger partial charge in [-0.1, -0.05) is 36.4 Å². The van der Waals surface area contributed by atoms with Gasteiger partial charge in [-0.05, 0) is 37.4 Å². The Morgan fingerprint density at radius 3 is 2.57 bits per heavy atom. The Bertz CT molecular complexity index is 1230. The van der Waals surface area contributed by atoms with Crippen molar-refractivity contribution in [2.75, 3.05) is 0 Å². The molecule has 4 aromatic rings. The summed E-state index contributed by atoms with van der Waals surface area (Å²) in [7, 11) is -3.66. The number of nitrogens with zero attached hydrogens (tertiary/aromatic N) is 3. The predicted molar refractivity (Wildman–Crippen MR) is 109 cm³/mol. The predicted octanol–water partition coefficient (Wildman–Crippen LogP) is 3.77. The van der Waals surface area contributed by atoms with E-state index < -0.39 is 16.1 Å². The van der Waals surface area contributed by atoms with Crippen LogP contribution < -0.4 is 4.72 Å². The molecule has 2 aromatic carbocycles. The monoisotopic (exact) mass is 392 g/mol. The van der Waals surface area contributed by atoms with Gasteiger partial charge in [-0.15, -0.1) is 0 Å². The molecule has 2 aromatic heterocycles. The molecule has 0 saturated heterocycles. The molecule has 0 aliphatic heterocycles. The van der Waals surface area contributed by atoms with E-state index in [1.54, 1.807) is 18.5 Å². The quantitative estimate of drug-likeness (QED) is 0.561. The largest absolute Gasteiger partial charge is 0.263 e. The molecule has 0 aliphatic rings. The van der Waals surface area contributed by atoms with Crippen LogP contribution in [0.3, 0.4) is 0 Å². The first-order valence-electron chi connectivity index (χ1n) is 8.92. The number of aromatic nitrogens is 3. The van der Waals surface area contributed by atoms with Crippen LogP contribution in [0.15, 0.2) is 78.1 Å². The summed E-state index contributed by atoms with van der Waals surface area (Å²) in [4.78, 5) is 4.03. The molecular formula is C21H20N4O2S. The van der Waals surface area contributed by atoms with Crippen LogP contribution in [0.2, 0.25) is 0 Å². The minimum Gasteiger partial charge on any atom is -0.263 e. The summed E-state index contributed by atoms with van der Waals surface area (Å²) in [6.07, 6.45) is 4.59. The number of hydrogen-bond acceptors (Lipinski definition) is 4. The molecule has 28 heavy (non-hydrogen) atoms. The van der Waals surface area contributed by atoms with Crippen molar-refractivity contribution in [2.45, 2.75) is 24.8 Å². The maximum absolute atomic E-state index is 12.6. The third-order valence-electron chi connectivity index (χ3n) is 4.79. The van der Waals surface area contributed by atoms with E-state index in [4.69, 9.17) is 0 Å². The molecule has 0 spiro atoms. The zero-order valence-corrected chi connectivity index (χ0v) is 16.4. The van der Waals surface area contributed by atoms with Gasteiger partial charge >= 0.3 is 0 Å². The molecule has 1 N–H and O–H groups in total. The minimum absolute atomic E-state index is 0.140. The lowest BCUT2D eigenvalue weighted by Gasteiger charge is -2.15. The highest BCUT2D eigenvalue weighted by Gasteiger charge is 2.22. The first-order valence-corrected chi connectivity index (χ1v) is 10.4. The van der Waals surface area contributed by atoms with E-state index in [1.807, 2.05) is 42.8 Å². The fraction of sp³-hybridized carbons (Fsp3) is 0.143. The maximum Gasteiger partial charge on any atom is 0.242 e. The van der Waals surface area contributed by atoms with Crippen molar-refractivity contribution in [1.82, 2.24) is 19.5 Å². The van der Waals surface area contributed by atoms with Gasteiger partial charge in [0.1, 0.15) is 4.90 Å². The SMILES string of the molecule is Cc1c([C@@H](C)NS(=O)(=O)c2cccnc2)cnn1-c1cccc2ccccc12. The van der Waals surface area contributed by atoms with Crippen molar-refractivity contribution >= 4 is 20.8 Å². The number of benzene rings is 2. The van der Waals surface area contributed by atoms with E-state index in [-0.39, 0.29) is 4.90 Å². The van der Waals surface area contributed by atoms with E-state index in [9.17, 15) is 8.42 Å². The lowest BCUT2D eigenvalue weighted by molar-refractivity contribution is 0.566. The van der Waals surface area contributed by atoms with Crippen LogP contribution >= 0.6 is 0 Å². The standard InChI is InChI=1S/C21H20N4O2S/c1-15(24-28(26,27)18-9-6-12-22-13-18)20-14-23-25(16(20)2)21-11-5-8-17-7-3-4-10-19(17)21/h3-15,24H,1-2H3/t15-/m1/s1. The summed E-state index contributed by atoms with van der Waals surface area (Å²) in [5.41, 5.74) is 2.67. The van der Waals surface area contributed by atoms with Crippen molar-refractivity contribution in [3.05, 3.63) is 84.4 Å². The van der Waals surface area contributed by atoms with Crippen LogP contribution in [-0.2, 0) is 10.0 Å². The van der Waals surface area contributed by atoms with Gasteiger partial charge in [0.2, 0.25) is 10.0 Å². The summed E-state index contributed by atoms with van der Waals surface area (Å²) in [5.74, 6) is 0. The van der Waals surface area contributed by atoms with Crippen LogP contribution in [0.4, 0.5) is 0 Å². The van der Waals surface area contributed by atoms with Crippen molar-refractivity contribution in [3.63, 3.8) is 0 Å². The van der Waals surface area contributed by atoms with Crippen LogP contribution in [0.25, 0.3) is 16.5 Å². The van der Waals surface area contributed by atoms with Crippen LogP contribution in [0.1, 0.15) is 24.2 Å². The highest BCUT2D eigenvalue weighted by atomic mass is 32.2. The Balaban J connectivity index is 1.69. The molecule has 2 heterocycles. The van der Waals surface area contributed by atoms with Gasteiger partial charge in [-0.25, -0.2) is 17.8 Å². The summed E-state index contributed by atoms with van der Waals surface area (Å²) >= 11 is 0. The molecular weight excluding hydrogens is 372 g/mol. The van der Waals surface area contributed by atoms with Gasteiger partial charge in [0, 0.05) is 35.1 Å². The lowest BCUT2D eigenvalue weighted by atomic mass is 10.1. The summed E-state index contributed by atoms with van der Waals surface area (Å²) in [6, 6.07) is 16.9. The Morgan fingerprint density at radius 1 is 1.00 bits per heavy atom. The first kappa shape index (κ1) is 18.3. The van der Waals surface area contributed by atoms with Crippen molar-refractivity contribution in [2.24, 2.45) is 0 Å². The van der Waals surface area contributed by atoms with Crippen molar-refractivity contribution < 1.29 is 8.42 Å². The van der Waals surface area contributed by atoms with Gasteiger partial charge in [0.15, 0.2) is 0 Å². The number of rotatable bonds is 5. The smallest absolute Gasteiger partial charge is 0.242 e. The molecule has 7 heteroatoms. The lowest BCUT2D eigenvalue weighted by Crippen LogP contribution is -2.27. The average molecular weight is 392 g/mol. The van der Waals surface area contributed by atoms with Gasteiger partial charge < -0.3 is 0 Å². The number of hydrogen-bond donors (Lipinski definition) is 1. The zero-order valence-electron chi connectivity index (χ0n) is 15.6. The normalized spacial score (nSPS) is 12.9. The van der Waals surface area contributed by atoms with Crippen molar-refractivity contribution in [3.8, 4) is 5.69 Å². The van der Waals surface area contributed by atoms with E-state index in [1.165, 1.54) is 12.3 Å². The third kappa shape index (κ3) is 3.30. The van der Waals surface area contributed by atoms with E-state index in [0.717, 1.165) is 27.7 Å². The van der Waals surface area contributed by atoms with E-state index >= 15 is 0 Å². The number of sulfonamides is 1. The maximum atomic E-state index is 12.6. The number of fused-ring (bicyclic) bond motifs is 1. The highest BCUT2D eigenvalue weighted by molar-refractivity contribution is 7.89. The highest BCUT2D eigenvalue weighted by Crippen LogP contribution is 2.26. The molecule has 142 valence electrons. The minimum atomic E-state index is -3.66. The molecule has 0 aliphatic carbocycles. The topological polar surface area (TPSA) is 76.9 Å². The molecule has 0 bridgehead atoms. The fourth-order valence-corrected chi connectivity index (χ4v) is 4.54. The van der Waals surface area contributed by atoms with Crippen molar-refractivity contribution in [1.29, 1.82) is 0 Å². The van der Waals surface area contributed by atoms with E-state index in [0.29, 0.717) is 0 Å². The number of pyridine rings is 1. The molecule has 1 atom stereocenters. The van der Waals surface area contributed by atoms with Gasteiger partial charge in [-0.3, -0.25) is 4.98 Å². The molecule has 0 unspecified atom stereocenters. The first-order chi connectivity index (χ1) is 13.5. The average Bonchev–Trinajstić information content (AvgIpc) is 3.09. The summed E-state index contributed by atoms with van der Waals surface area (Å²) in [6.45, 7) is 3.75. The Morgan fingerprint density at radius 2 is 1.79 bits per heavy atom. The second-order valence-electron chi connectivity index (χ2n) is 6.63.